The normalized spacial score (nSPS) is 17.2. The van der Waals surface area contributed by atoms with Gasteiger partial charge in [-0.05, 0) is 55.2 Å². The smallest absolute Gasteiger partial charge is 0.238 e. The lowest BCUT2D eigenvalue weighted by Crippen LogP contribution is -2.45. The van der Waals surface area contributed by atoms with E-state index in [1.807, 2.05) is 43.3 Å². The second-order valence-corrected chi connectivity index (χ2v) is 7.17. The SMILES string of the molecule is Cc1cccc(NC(=O)CN2CCC(O)(c3ccc(Cl)cc3)CC2)c1. The Morgan fingerprint density at radius 1 is 1.20 bits per heavy atom. The van der Waals surface area contributed by atoms with E-state index >= 15 is 0 Å². The molecule has 3 rings (SSSR count). The molecule has 1 saturated heterocycles. The standard InChI is InChI=1S/C20H23ClN2O2/c1-15-3-2-4-18(13-15)22-19(24)14-23-11-9-20(25,10-12-23)16-5-7-17(21)8-6-16/h2-8,13,25H,9-12,14H2,1H3,(H,22,24). The maximum atomic E-state index is 12.2. The molecule has 0 bridgehead atoms. The van der Waals surface area contributed by atoms with E-state index in [0.717, 1.165) is 16.8 Å². The third-order valence-corrected chi connectivity index (χ3v) is 4.99. The molecule has 2 N–H and O–H groups in total. The molecule has 1 aliphatic rings. The van der Waals surface area contributed by atoms with Crippen LogP contribution in [-0.2, 0) is 10.4 Å². The summed E-state index contributed by atoms with van der Waals surface area (Å²) < 4.78 is 0. The van der Waals surface area contributed by atoms with Crippen LogP contribution in [-0.4, -0.2) is 35.5 Å². The molecule has 2 aromatic carbocycles. The fourth-order valence-electron chi connectivity index (χ4n) is 3.26. The van der Waals surface area contributed by atoms with Crippen LogP contribution in [0.25, 0.3) is 0 Å². The Bertz CT molecular complexity index is 738. The first-order valence-corrected chi connectivity index (χ1v) is 8.90. The van der Waals surface area contributed by atoms with Gasteiger partial charge in [-0.2, -0.15) is 0 Å². The van der Waals surface area contributed by atoms with Crippen molar-refractivity contribution in [3.05, 3.63) is 64.7 Å². The molecule has 132 valence electrons. The van der Waals surface area contributed by atoms with Gasteiger partial charge in [-0.3, -0.25) is 9.69 Å². The van der Waals surface area contributed by atoms with Gasteiger partial charge >= 0.3 is 0 Å². The Morgan fingerprint density at radius 3 is 2.52 bits per heavy atom. The molecule has 25 heavy (non-hydrogen) atoms. The van der Waals surface area contributed by atoms with Crippen molar-refractivity contribution in [2.45, 2.75) is 25.4 Å². The van der Waals surface area contributed by atoms with E-state index in [4.69, 9.17) is 11.6 Å². The Kier molecular flexibility index (Phi) is 5.42. The minimum absolute atomic E-state index is 0.0254. The minimum Gasteiger partial charge on any atom is -0.385 e. The molecular formula is C20H23ClN2O2. The van der Waals surface area contributed by atoms with E-state index in [-0.39, 0.29) is 5.91 Å². The predicted molar refractivity (Wildman–Crippen MR) is 101 cm³/mol. The molecule has 4 nitrogen and oxygen atoms in total. The maximum Gasteiger partial charge on any atom is 0.238 e. The second-order valence-electron chi connectivity index (χ2n) is 6.73. The van der Waals surface area contributed by atoms with Crippen molar-refractivity contribution >= 4 is 23.2 Å². The quantitative estimate of drug-likeness (QED) is 0.878. The van der Waals surface area contributed by atoms with Crippen LogP contribution in [0.3, 0.4) is 0 Å². The van der Waals surface area contributed by atoms with E-state index < -0.39 is 5.60 Å². The fourth-order valence-corrected chi connectivity index (χ4v) is 3.38. The number of amides is 1. The minimum atomic E-state index is -0.839. The van der Waals surface area contributed by atoms with Crippen LogP contribution in [0.4, 0.5) is 5.69 Å². The fraction of sp³-hybridized carbons (Fsp3) is 0.350. The summed E-state index contributed by atoms with van der Waals surface area (Å²) in [7, 11) is 0. The number of benzene rings is 2. The molecule has 1 heterocycles. The van der Waals surface area contributed by atoms with Gasteiger partial charge in [0.1, 0.15) is 0 Å². The molecule has 1 aliphatic heterocycles. The van der Waals surface area contributed by atoms with Crippen molar-refractivity contribution in [1.82, 2.24) is 4.90 Å². The highest BCUT2D eigenvalue weighted by molar-refractivity contribution is 6.30. The molecule has 0 radical (unpaired) electrons. The van der Waals surface area contributed by atoms with Crippen molar-refractivity contribution in [3.8, 4) is 0 Å². The zero-order valence-electron chi connectivity index (χ0n) is 14.3. The maximum absolute atomic E-state index is 12.2. The van der Waals surface area contributed by atoms with E-state index in [0.29, 0.717) is 37.5 Å². The Balaban J connectivity index is 1.53. The van der Waals surface area contributed by atoms with Crippen LogP contribution in [0.1, 0.15) is 24.0 Å². The van der Waals surface area contributed by atoms with E-state index in [2.05, 4.69) is 10.2 Å². The molecule has 0 spiro atoms. The third-order valence-electron chi connectivity index (χ3n) is 4.73. The molecule has 0 atom stereocenters. The molecule has 1 fully saturated rings. The van der Waals surface area contributed by atoms with Crippen LogP contribution in [0.15, 0.2) is 48.5 Å². The summed E-state index contributed by atoms with van der Waals surface area (Å²) in [5.41, 5.74) is 1.98. The monoisotopic (exact) mass is 358 g/mol. The summed E-state index contributed by atoms with van der Waals surface area (Å²) >= 11 is 5.92. The van der Waals surface area contributed by atoms with E-state index in [1.54, 1.807) is 12.1 Å². The average Bonchev–Trinajstić information content (AvgIpc) is 2.57. The number of piperidine rings is 1. The molecule has 0 aromatic heterocycles. The number of aryl methyl sites for hydroxylation is 1. The topological polar surface area (TPSA) is 52.6 Å². The number of hydrogen-bond acceptors (Lipinski definition) is 3. The lowest BCUT2D eigenvalue weighted by molar-refractivity contribution is -0.118. The van der Waals surface area contributed by atoms with Crippen LogP contribution >= 0.6 is 11.6 Å². The van der Waals surface area contributed by atoms with Gasteiger partial charge in [0, 0.05) is 23.8 Å². The molecule has 1 amide bonds. The summed E-state index contributed by atoms with van der Waals surface area (Å²) in [5, 5.41) is 14.5. The molecule has 0 unspecified atom stereocenters. The summed E-state index contributed by atoms with van der Waals surface area (Å²) in [6, 6.07) is 15.1. The summed E-state index contributed by atoms with van der Waals surface area (Å²) in [6.45, 7) is 3.70. The van der Waals surface area contributed by atoms with Crippen LogP contribution in [0.5, 0.6) is 0 Å². The first kappa shape index (κ1) is 17.9. The van der Waals surface area contributed by atoms with Gasteiger partial charge in [-0.1, -0.05) is 35.9 Å². The first-order chi connectivity index (χ1) is 11.9. The molecule has 5 heteroatoms. The van der Waals surface area contributed by atoms with Crippen LogP contribution < -0.4 is 5.32 Å². The first-order valence-electron chi connectivity index (χ1n) is 8.52. The lowest BCUT2D eigenvalue weighted by atomic mass is 9.84. The van der Waals surface area contributed by atoms with Gasteiger partial charge in [0.25, 0.3) is 0 Å². The van der Waals surface area contributed by atoms with Crippen molar-refractivity contribution < 1.29 is 9.90 Å². The van der Waals surface area contributed by atoms with Crippen molar-refractivity contribution in [2.75, 3.05) is 25.0 Å². The van der Waals surface area contributed by atoms with Gasteiger partial charge in [-0.25, -0.2) is 0 Å². The van der Waals surface area contributed by atoms with Crippen LogP contribution in [0.2, 0.25) is 5.02 Å². The summed E-state index contributed by atoms with van der Waals surface area (Å²) in [5.74, 6) is -0.0254. The Hall–Kier alpha value is -1.88. The van der Waals surface area contributed by atoms with Gasteiger partial charge < -0.3 is 10.4 Å². The number of carbonyl (C=O) groups excluding carboxylic acids is 1. The second kappa shape index (κ2) is 7.56. The summed E-state index contributed by atoms with van der Waals surface area (Å²) in [6.07, 6.45) is 1.21. The molecule has 0 aliphatic carbocycles. The molecule has 2 aromatic rings. The lowest BCUT2D eigenvalue weighted by Gasteiger charge is -2.38. The highest BCUT2D eigenvalue weighted by Crippen LogP contribution is 2.33. The zero-order chi connectivity index (χ0) is 17.9. The van der Waals surface area contributed by atoms with Gasteiger partial charge in [0.05, 0.1) is 12.1 Å². The van der Waals surface area contributed by atoms with Crippen LogP contribution in [0, 0.1) is 6.92 Å². The largest absolute Gasteiger partial charge is 0.385 e. The van der Waals surface area contributed by atoms with Gasteiger partial charge in [0.15, 0.2) is 0 Å². The Labute approximate surface area is 153 Å². The highest BCUT2D eigenvalue weighted by Gasteiger charge is 2.34. The Morgan fingerprint density at radius 2 is 1.88 bits per heavy atom. The number of nitrogens with one attached hydrogen (secondary N) is 1. The third kappa shape index (κ3) is 4.60. The van der Waals surface area contributed by atoms with Crippen molar-refractivity contribution in [2.24, 2.45) is 0 Å². The highest BCUT2D eigenvalue weighted by atomic mass is 35.5. The molecule has 0 saturated carbocycles. The number of hydrogen-bond donors (Lipinski definition) is 2. The average molecular weight is 359 g/mol. The number of aliphatic hydroxyl groups is 1. The van der Waals surface area contributed by atoms with Gasteiger partial charge in [0.2, 0.25) is 5.91 Å². The summed E-state index contributed by atoms with van der Waals surface area (Å²) in [4.78, 5) is 14.3. The number of anilines is 1. The zero-order valence-corrected chi connectivity index (χ0v) is 15.1. The number of likely N-dealkylation sites (tertiary alicyclic amines) is 1. The van der Waals surface area contributed by atoms with E-state index in [9.17, 15) is 9.90 Å². The number of halogens is 1. The number of carbonyl (C=O) groups is 1. The van der Waals surface area contributed by atoms with Crippen molar-refractivity contribution in [3.63, 3.8) is 0 Å². The number of rotatable bonds is 4. The van der Waals surface area contributed by atoms with E-state index in [1.165, 1.54) is 0 Å². The van der Waals surface area contributed by atoms with Crippen molar-refractivity contribution in [1.29, 1.82) is 0 Å². The molecular weight excluding hydrogens is 336 g/mol. The van der Waals surface area contributed by atoms with Gasteiger partial charge in [-0.15, -0.1) is 0 Å². The number of nitrogens with zero attached hydrogens (tertiary/aromatic N) is 1. The predicted octanol–water partition coefficient (Wildman–Crippen LogP) is 3.57.